The van der Waals surface area contributed by atoms with Crippen LogP contribution in [0.2, 0.25) is 0 Å². The maximum absolute atomic E-state index is 13.1. The third-order valence-corrected chi connectivity index (χ3v) is 3.32. The molecule has 7 heteroatoms. The number of aromatic nitrogens is 4. The minimum atomic E-state index is -0.460. The van der Waals surface area contributed by atoms with Crippen LogP contribution in [0.4, 0.5) is 4.39 Å². The number of carbonyl (C=O) groups excluding carboxylic acids is 1. The highest BCUT2D eigenvalue weighted by Crippen LogP contribution is 2.26. The number of hydrogen-bond donors (Lipinski definition) is 1. The zero-order valence-electron chi connectivity index (χ0n) is 10.3. The van der Waals surface area contributed by atoms with Gasteiger partial charge in [0.05, 0.1) is 5.92 Å². The quantitative estimate of drug-likeness (QED) is 0.874. The molecule has 0 bridgehead atoms. The lowest BCUT2D eigenvalue weighted by Crippen LogP contribution is -2.30. The number of nitrogens with one attached hydrogen (secondary N) is 1. The lowest BCUT2D eigenvalue weighted by Gasteiger charge is -2.18. The van der Waals surface area contributed by atoms with Gasteiger partial charge in [-0.05, 0) is 30.2 Å². The minimum absolute atomic E-state index is 0.0852. The number of aromatic amines is 1. The summed E-state index contributed by atoms with van der Waals surface area (Å²) in [6.07, 6.45) is 0. The zero-order valence-corrected chi connectivity index (χ0v) is 10.3. The number of H-pyrrole nitrogens is 1. The van der Waals surface area contributed by atoms with Crippen molar-refractivity contribution in [1.82, 2.24) is 25.5 Å². The van der Waals surface area contributed by atoms with E-state index < -0.39 is 5.92 Å². The first-order valence-corrected chi connectivity index (χ1v) is 5.94. The summed E-state index contributed by atoms with van der Waals surface area (Å²) in [5, 5.41) is 13.4. The number of nitrogens with zero attached hydrogens (tertiary/aromatic N) is 4. The summed E-state index contributed by atoms with van der Waals surface area (Å²) >= 11 is 0. The maximum atomic E-state index is 13.1. The van der Waals surface area contributed by atoms with Crippen LogP contribution in [0.15, 0.2) is 18.2 Å². The number of benzene rings is 1. The van der Waals surface area contributed by atoms with Gasteiger partial charge >= 0.3 is 0 Å². The molecule has 98 valence electrons. The van der Waals surface area contributed by atoms with Gasteiger partial charge in [0.2, 0.25) is 5.91 Å². The number of fused-ring (bicyclic) bond motifs is 1. The smallest absolute Gasteiger partial charge is 0.233 e. The Balaban J connectivity index is 1.77. The molecule has 1 aromatic heterocycles. The summed E-state index contributed by atoms with van der Waals surface area (Å²) in [5.74, 6) is -0.456. The van der Waals surface area contributed by atoms with E-state index in [1.54, 1.807) is 17.9 Å². The van der Waals surface area contributed by atoms with Gasteiger partial charge in [-0.1, -0.05) is 11.3 Å². The van der Waals surface area contributed by atoms with Crippen molar-refractivity contribution in [2.45, 2.75) is 25.9 Å². The summed E-state index contributed by atoms with van der Waals surface area (Å²) in [5.41, 5.74) is 1.84. The molecule has 3 rings (SSSR count). The summed E-state index contributed by atoms with van der Waals surface area (Å²) in [6.45, 7) is 2.65. The van der Waals surface area contributed by atoms with Crippen LogP contribution in [0, 0.1) is 5.82 Å². The molecule has 0 aliphatic carbocycles. The van der Waals surface area contributed by atoms with Gasteiger partial charge in [-0.15, -0.1) is 10.2 Å². The molecule has 2 heterocycles. The van der Waals surface area contributed by atoms with Crippen molar-refractivity contribution in [3.05, 3.63) is 41.0 Å². The van der Waals surface area contributed by atoms with E-state index >= 15 is 0 Å². The van der Waals surface area contributed by atoms with Crippen molar-refractivity contribution >= 4 is 5.91 Å². The maximum Gasteiger partial charge on any atom is 0.233 e. The molecule has 0 saturated carbocycles. The van der Waals surface area contributed by atoms with Crippen LogP contribution in [-0.4, -0.2) is 31.4 Å². The Kier molecular flexibility index (Phi) is 2.73. The summed E-state index contributed by atoms with van der Waals surface area (Å²) in [6, 6.07) is 4.61. The number of rotatable bonds is 2. The minimum Gasteiger partial charge on any atom is -0.333 e. The van der Waals surface area contributed by atoms with Gasteiger partial charge in [-0.3, -0.25) is 4.79 Å². The SMILES string of the molecule is CC(C(=O)N1Cc2ccc(F)cc2C1)c1nn[nH]n1. The largest absolute Gasteiger partial charge is 0.333 e. The van der Waals surface area contributed by atoms with E-state index in [0.29, 0.717) is 18.9 Å². The van der Waals surface area contributed by atoms with Crippen LogP contribution in [0.5, 0.6) is 0 Å². The highest BCUT2D eigenvalue weighted by atomic mass is 19.1. The van der Waals surface area contributed by atoms with Crippen LogP contribution in [0.3, 0.4) is 0 Å². The van der Waals surface area contributed by atoms with Crippen molar-refractivity contribution < 1.29 is 9.18 Å². The van der Waals surface area contributed by atoms with Gasteiger partial charge in [0.1, 0.15) is 5.82 Å². The Labute approximate surface area is 108 Å². The lowest BCUT2D eigenvalue weighted by atomic mass is 10.1. The lowest BCUT2D eigenvalue weighted by molar-refractivity contribution is -0.133. The number of halogens is 1. The molecule has 1 N–H and O–H groups in total. The van der Waals surface area contributed by atoms with Crippen LogP contribution < -0.4 is 0 Å². The molecule has 1 unspecified atom stereocenters. The monoisotopic (exact) mass is 261 g/mol. The standard InChI is InChI=1S/C12H12FN5O/c1-7(11-14-16-17-15-11)12(19)18-5-8-2-3-10(13)4-9(8)6-18/h2-4,7H,5-6H2,1H3,(H,14,15,16,17). The van der Waals surface area contributed by atoms with Gasteiger partial charge in [0.25, 0.3) is 0 Å². The van der Waals surface area contributed by atoms with Crippen molar-refractivity contribution in [2.24, 2.45) is 0 Å². The molecule has 1 amide bonds. The van der Waals surface area contributed by atoms with Gasteiger partial charge in [-0.2, -0.15) is 5.21 Å². The van der Waals surface area contributed by atoms with E-state index in [9.17, 15) is 9.18 Å². The fourth-order valence-electron chi connectivity index (χ4n) is 2.26. The zero-order chi connectivity index (χ0) is 13.4. The predicted molar refractivity (Wildman–Crippen MR) is 63.2 cm³/mol. The molecule has 1 aliphatic heterocycles. The summed E-state index contributed by atoms with van der Waals surface area (Å²) in [7, 11) is 0. The van der Waals surface area contributed by atoms with Gasteiger partial charge < -0.3 is 4.90 Å². The van der Waals surface area contributed by atoms with Crippen molar-refractivity contribution in [3.63, 3.8) is 0 Å². The van der Waals surface area contributed by atoms with Gasteiger partial charge in [-0.25, -0.2) is 4.39 Å². The highest BCUT2D eigenvalue weighted by molar-refractivity contribution is 5.83. The van der Waals surface area contributed by atoms with Crippen molar-refractivity contribution in [3.8, 4) is 0 Å². The molecule has 1 aromatic carbocycles. The third-order valence-electron chi connectivity index (χ3n) is 3.32. The van der Waals surface area contributed by atoms with Crippen LogP contribution in [-0.2, 0) is 17.9 Å². The molecule has 2 aromatic rings. The topological polar surface area (TPSA) is 74.8 Å². The second kappa shape index (κ2) is 4.42. The fraction of sp³-hybridized carbons (Fsp3) is 0.333. The van der Waals surface area contributed by atoms with E-state index in [4.69, 9.17) is 0 Å². The molecule has 19 heavy (non-hydrogen) atoms. The van der Waals surface area contributed by atoms with E-state index in [2.05, 4.69) is 20.6 Å². The molecule has 1 aliphatic rings. The molecule has 0 radical (unpaired) electrons. The van der Waals surface area contributed by atoms with E-state index in [1.807, 2.05) is 0 Å². The molecular formula is C12H12FN5O. The van der Waals surface area contributed by atoms with Gasteiger partial charge in [0, 0.05) is 13.1 Å². The first kappa shape index (κ1) is 11.8. The average molecular weight is 261 g/mol. The summed E-state index contributed by atoms with van der Waals surface area (Å²) in [4.78, 5) is 14.0. The van der Waals surface area contributed by atoms with Crippen molar-refractivity contribution in [1.29, 1.82) is 0 Å². The first-order chi connectivity index (χ1) is 9.15. The highest BCUT2D eigenvalue weighted by Gasteiger charge is 2.29. The van der Waals surface area contributed by atoms with E-state index in [1.165, 1.54) is 12.1 Å². The van der Waals surface area contributed by atoms with Gasteiger partial charge in [0.15, 0.2) is 5.82 Å². The Bertz CT molecular complexity index is 613. The van der Waals surface area contributed by atoms with E-state index in [-0.39, 0.29) is 11.7 Å². The average Bonchev–Trinajstić information content (AvgIpc) is 3.05. The second-order valence-electron chi connectivity index (χ2n) is 4.60. The number of hydrogen-bond acceptors (Lipinski definition) is 4. The fourth-order valence-corrected chi connectivity index (χ4v) is 2.26. The van der Waals surface area contributed by atoms with Crippen LogP contribution in [0.1, 0.15) is 29.8 Å². The molecule has 0 saturated heterocycles. The molecule has 6 nitrogen and oxygen atoms in total. The Morgan fingerprint density at radius 1 is 1.42 bits per heavy atom. The Hall–Kier alpha value is -2.31. The van der Waals surface area contributed by atoms with E-state index in [0.717, 1.165) is 11.1 Å². The second-order valence-corrected chi connectivity index (χ2v) is 4.60. The molecule has 1 atom stereocenters. The normalized spacial score (nSPS) is 15.4. The predicted octanol–water partition coefficient (Wildman–Crippen LogP) is 0.985. The Morgan fingerprint density at radius 3 is 2.95 bits per heavy atom. The molecule has 0 spiro atoms. The van der Waals surface area contributed by atoms with Crippen molar-refractivity contribution in [2.75, 3.05) is 0 Å². The van der Waals surface area contributed by atoms with Crippen LogP contribution in [0.25, 0.3) is 0 Å². The Morgan fingerprint density at radius 2 is 2.21 bits per heavy atom. The number of amides is 1. The molecular weight excluding hydrogens is 249 g/mol. The summed E-state index contributed by atoms with van der Waals surface area (Å²) < 4.78 is 13.1. The van der Waals surface area contributed by atoms with Crippen LogP contribution >= 0.6 is 0 Å². The molecule has 0 fully saturated rings. The third kappa shape index (κ3) is 2.07. The number of tetrazole rings is 1. The number of carbonyl (C=O) groups is 1. The first-order valence-electron chi connectivity index (χ1n) is 5.94.